The standard InChI is InChI=1S/C14H27N3O.ClH/c1-11(2)17-9-6-12(7-10-17)16-14(18)13-5-3-4-8-15-13;/h11-13,15H,3-10H2,1-2H3,(H,16,18);1H/t13-;/m1./s1. The molecule has 0 spiro atoms. The number of nitrogens with zero attached hydrogens (tertiary/aromatic N) is 1. The summed E-state index contributed by atoms with van der Waals surface area (Å²) in [6.07, 6.45) is 5.57. The van der Waals surface area contributed by atoms with Gasteiger partial charge in [0.25, 0.3) is 0 Å². The lowest BCUT2D eigenvalue weighted by Gasteiger charge is -2.35. The molecule has 112 valence electrons. The molecule has 5 heteroatoms. The van der Waals surface area contributed by atoms with Crippen LogP contribution in [0, 0.1) is 0 Å². The van der Waals surface area contributed by atoms with Gasteiger partial charge in [0.05, 0.1) is 6.04 Å². The molecule has 2 heterocycles. The van der Waals surface area contributed by atoms with E-state index in [1.54, 1.807) is 0 Å². The van der Waals surface area contributed by atoms with Crippen LogP contribution in [0.3, 0.4) is 0 Å². The highest BCUT2D eigenvalue weighted by Crippen LogP contribution is 2.14. The van der Waals surface area contributed by atoms with Crippen LogP contribution in [-0.4, -0.2) is 48.6 Å². The van der Waals surface area contributed by atoms with Crippen LogP contribution < -0.4 is 10.6 Å². The van der Waals surface area contributed by atoms with E-state index in [1.807, 2.05) is 0 Å². The summed E-state index contributed by atoms with van der Waals surface area (Å²) in [5.41, 5.74) is 0. The van der Waals surface area contributed by atoms with Gasteiger partial charge in [-0.1, -0.05) is 6.42 Å². The highest BCUT2D eigenvalue weighted by molar-refractivity contribution is 5.85. The first-order chi connectivity index (χ1) is 8.66. The van der Waals surface area contributed by atoms with E-state index in [0.29, 0.717) is 12.1 Å². The lowest BCUT2D eigenvalue weighted by molar-refractivity contribution is -0.124. The maximum atomic E-state index is 12.1. The molecule has 2 N–H and O–H groups in total. The predicted octanol–water partition coefficient (Wildman–Crippen LogP) is 1.54. The maximum Gasteiger partial charge on any atom is 0.237 e. The second-order valence-electron chi connectivity index (χ2n) is 5.92. The molecule has 0 saturated carbocycles. The molecule has 0 unspecified atom stereocenters. The quantitative estimate of drug-likeness (QED) is 0.828. The van der Waals surface area contributed by atoms with E-state index in [4.69, 9.17) is 0 Å². The summed E-state index contributed by atoms with van der Waals surface area (Å²) in [6, 6.07) is 1.07. The van der Waals surface area contributed by atoms with Crippen LogP contribution in [0.15, 0.2) is 0 Å². The topological polar surface area (TPSA) is 44.4 Å². The average Bonchev–Trinajstić information content (AvgIpc) is 2.40. The molecule has 2 aliphatic rings. The lowest BCUT2D eigenvalue weighted by Crippen LogP contribution is -2.52. The normalized spacial score (nSPS) is 25.9. The van der Waals surface area contributed by atoms with Gasteiger partial charge >= 0.3 is 0 Å². The van der Waals surface area contributed by atoms with Crippen LogP contribution in [0.1, 0.15) is 46.0 Å². The van der Waals surface area contributed by atoms with Gasteiger partial charge in [-0.15, -0.1) is 12.4 Å². The molecular formula is C14H28ClN3O. The average molecular weight is 290 g/mol. The Kier molecular flexibility index (Phi) is 7.11. The SMILES string of the molecule is CC(C)N1CCC(NC(=O)[C@H]2CCCCN2)CC1.Cl. The summed E-state index contributed by atoms with van der Waals surface area (Å²) < 4.78 is 0. The molecule has 0 radical (unpaired) electrons. The third-order valence-electron chi connectivity index (χ3n) is 4.23. The Balaban J connectivity index is 0.00000180. The minimum atomic E-state index is 0. The zero-order valence-corrected chi connectivity index (χ0v) is 13.0. The van der Waals surface area contributed by atoms with Crippen molar-refractivity contribution in [2.75, 3.05) is 19.6 Å². The van der Waals surface area contributed by atoms with Crippen LogP contribution in [-0.2, 0) is 4.79 Å². The molecule has 0 aromatic heterocycles. The largest absolute Gasteiger partial charge is 0.352 e. The summed E-state index contributed by atoms with van der Waals surface area (Å²) >= 11 is 0. The molecule has 4 nitrogen and oxygen atoms in total. The fourth-order valence-electron chi connectivity index (χ4n) is 2.94. The molecule has 0 bridgehead atoms. The number of rotatable bonds is 3. The van der Waals surface area contributed by atoms with Crippen LogP contribution in [0.25, 0.3) is 0 Å². The minimum absolute atomic E-state index is 0. The van der Waals surface area contributed by atoms with Gasteiger partial charge < -0.3 is 15.5 Å². The smallest absolute Gasteiger partial charge is 0.237 e. The Bertz CT molecular complexity index is 272. The molecule has 1 atom stereocenters. The molecule has 0 aliphatic carbocycles. The Morgan fingerprint density at radius 1 is 1.21 bits per heavy atom. The third kappa shape index (κ3) is 4.93. The van der Waals surface area contributed by atoms with Gasteiger partial charge in [0.15, 0.2) is 0 Å². The molecule has 2 aliphatic heterocycles. The van der Waals surface area contributed by atoms with Crippen molar-refractivity contribution < 1.29 is 4.79 Å². The zero-order chi connectivity index (χ0) is 13.0. The van der Waals surface area contributed by atoms with Crippen molar-refractivity contribution in [1.29, 1.82) is 0 Å². The number of hydrogen-bond acceptors (Lipinski definition) is 3. The summed E-state index contributed by atoms with van der Waals surface area (Å²) in [4.78, 5) is 14.6. The van der Waals surface area contributed by atoms with Crippen molar-refractivity contribution in [2.24, 2.45) is 0 Å². The Morgan fingerprint density at radius 2 is 1.89 bits per heavy atom. The molecule has 1 amide bonds. The second-order valence-corrected chi connectivity index (χ2v) is 5.92. The van der Waals surface area contributed by atoms with Crippen molar-refractivity contribution in [2.45, 2.75) is 64.1 Å². The molecule has 2 fully saturated rings. The van der Waals surface area contributed by atoms with E-state index in [0.717, 1.165) is 38.9 Å². The van der Waals surface area contributed by atoms with Crippen LogP contribution in [0.5, 0.6) is 0 Å². The number of nitrogens with one attached hydrogen (secondary N) is 2. The van der Waals surface area contributed by atoms with Gasteiger partial charge in [-0.2, -0.15) is 0 Å². The van der Waals surface area contributed by atoms with Crippen molar-refractivity contribution in [3.8, 4) is 0 Å². The van der Waals surface area contributed by atoms with Crippen LogP contribution in [0.4, 0.5) is 0 Å². The van der Waals surface area contributed by atoms with E-state index in [2.05, 4.69) is 29.4 Å². The maximum absolute atomic E-state index is 12.1. The molecule has 19 heavy (non-hydrogen) atoms. The van der Waals surface area contributed by atoms with Crippen LogP contribution in [0.2, 0.25) is 0 Å². The predicted molar refractivity (Wildman–Crippen MR) is 80.8 cm³/mol. The van der Waals surface area contributed by atoms with Crippen molar-refractivity contribution in [3.05, 3.63) is 0 Å². The minimum Gasteiger partial charge on any atom is -0.352 e. The second kappa shape index (κ2) is 8.08. The van der Waals surface area contributed by atoms with E-state index >= 15 is 0 Å². The summed E-state index contributed by atoms with van der Waals surface area (Å²) in [7, 11) is 0. The van der Waals surface area contributed by atoms with Gasteiger partial charge in [-0.3, -0.25) is 4.79 Å². The van der Waals surface area contributed by atoms with E-state index in [-0.39, 0.29) is 24.4 Å². The Labute approximate surface area is 123 Å². The number of hydrogen-bond donors (Lipinski definition) is 2. The van der Waals surface area contributed by atoms with Crippen molar-refractivity contribution in [3.63, 3.8) is 0 Å². The Morgan fingerprint density at radius 3 is 2.42 bits per heavy atom. The van der Waals surface area contributed by atoms with E-state index in [9.17, 15) is 4.79 Å². The monoisotopic (exact) mass is 289 g/mol. The number of carbonyl (C=O) groups is 1. The summed E-state index contributed by atoms with van der Waals surface area (Å²) in [5, 5.41) is 6.53. The van der Waals surface area contributed by atoms with E-state index in [1.165, 1.54) is 12.8 Å². The first-order valence-electron chi connectivity index (χ1n) is 7.44. The molecule has 2 saturated heterocycles. The van der Waals surface area contributed by atoms with Gasteiger partial charge in [0.2, 0.25) is 5.91 Å². The van der Waals surface area contributed by atoms with Crippen molar-refractivity contribution >= 4 is 18.3 Å². The zero-order valence-electron chi connectivity index (χ0n) is 12.2. The highest BCUT2D eigenvalue weighted by atomic mass is 35.5. The molecule has 0 aromatic carbocycles. The number of halogens is 1. The van der Waals surface area contributed by atoms with Gasteiger partial charge in [-0.25, -0.2) is 0 Å². The highest BCUT2D eigenvalue weighted by Gasteiger charge is 2.26. The number of piperidine rings is 2. The first-order valence-corrected chi connectivity index (χ1v) is 7.44. The lowest BCUT2D eigenvalue weighted by atomic mass is 10.0. The third-order valence-corrected chi connectivity index (χ3v) is 4.23. The van der Waals surface area contributed by atoms with Gasteiger partial charge in [0, 0.05) is 25.2 Å². The number of carbonyl (C=O) groups excluding carboxylic acids is 1. The van der Waals surface area contributed by atoms with Crippen LogP contribution >= 0.6 is 12.4 Å². The molecule has 2 rings (SSSR count). The first kappa shape index (κ1) is 16.7. The van der Waals surface area contributed by atoms with E-state index < -0.39 is 0 Å². The molecule has 0 aromatic rings. The summed E-state index contributed by atoms with van der Waals surface area (Å²) in [5.74, 6) is 0.220. The van der Waals surface area contributed by atoms with Gasteiger partial charge in [-0.05, 0) is 46.1 Å². The fourth-order valence-corrected chi connectivity index (χ4v) is 2.94. The number of amides is 1. The Hall–Kier alpha value is -0.320. The molecular weight excluding hydrogens is 262 g/mol. The van der Waals surface area contributed by atoms with Gasteiger partial charge in [0.1, 0.15) is 0 Å². The fraction of sp³-hybridized carbons (Fsp3) is 0.929. The van der Waals surface area contributed by atoms with Crippen molar-refractivity contribution in [1.82, 2.24) is 15.5 Å². The summed E-state index contributed by atoms with van der Waals surface area (Å²) in [6.45, 7) is 7.70. The number of likely N-dealkylation sites (tertiary alicyclic amines) is 1.